The van der Waals surface area contributed by atoms with Crippen LogP contribution >= 0.6 is 0 Å². The first kappa shape index (κ1) is 15.3. The molecular weight excluding hydrogens is 260 g/mol. The SMILES string of the molecule is CS(=O)(=O)N1CCCC(CC(N)CC2CCCC2)C1. The van der Waals surface area contributed by atoms with E-state index >= 15 is 0 Å². The lowest BCUT2D eigenvalue weighted by molar-refractivity contribution is 0.238. The fraction of sp³-hybridized carbons (Fsp3) is 1.00. The van der Waals surface area contributed by atoms with Crippen LogP contribution in [0, 0.1) is 11.8 Å². The van der Waals surface area contributed by atoms with Gasteiger partial charge >= 0.3 is 0 Å². The van der Waals surface area contributed by atoms with Gasteiger partial charge in [-0.2, -0.15) is 0 Å². The predicted octanol–water partition coefficient (Wildman–Crippen LogP) is 1.96. The maximum atomic E-state index is 11.6. The molecule has 0 aromatic rings. The van der Waals surface area contributed by atoms with Crippen molar-refractivity contribution in [3.8, 4) is 0 Å². The zero-order chi connectivity index (χ0) is 13.9. The molecule has 19 heavy (non-hydrogen) atoms. The number of hydrogen-bond acceptors (Lipinski definition) is 3. The van der Waals surface area contributed by atoms with Crippen molar-refractivity contribution in [2.75, 3.05) is 19.3 Å². The van der Waals surface area contributed by atoms with Gasteiger partial charge in [0.25, 0.3) is 0 Å². The summed E-state index contributed by atoms with van der Waals surface area (Å²) in [7, 11) is -3.02. The van der Waals surface area contributed by atoms with Crippen LogP contribution in [0.2, 0.25) is 0 Å². The number of sulfonamides is 1. The summed E-state index contributed by atoms with van der Waals surface area (Å²) in [4.78, 5) is 0. The monoisotopic (exact) mass is 288 g/mol. The van der Waals surface area contributed by atoms with Gasteiger partial charge in [-0.25, -0.2) is 12.7 Å². The van der Waals surface area contributed by atoms with Crippen LogP contribution in [0.1, 0.15) is 51.4 Å². The predicted molar refractivity (Wildman–Crippen MR) is 78.3 cm³/mol. The summed E-state index contributed by atoms with van der Waals surface area (Å²) in [5.74, 6) is 1.28. The van der Waals surface area contributed by atoms with E-state index in [0.29, 0.717) is 19.0 Å². The second kappa shape index (κ2) is 6.55. The maximum Gasteiger partial charge on any atom is 0.211 e. The van der Waals surface area contributed by atoms with E-state index in [2.05, 4.69) is 0 Å². The van der Waals surface area contributed by atoms with E-state index in [1.165, 1.54) is 31.9 Å². The Labute approximate surface area is 117 Å². The minimum atomic E-state index is -3.02. The first-order valence-corrected chi connectivity index (χ1v) is 9.50. The minimum absolute atomic E-state index is 0.257. The lowest BCUT2D eigenvalue weighted by Gasteiger charge is -2.32. The molecule has 2 fully saturated rings. The van der Waals surface area contributed by atoms with Crippen LogP contribution in [0.15, 0.2) is 0 Å². The smallest absolute Gasteiger partial charge is 0.211 e. The van der Waals surface area contributed by atoms with Crippen molar-refractivity contribution in [3.63, 3.8) is 0 Å². The fourth-order valence-corrected chi connectivity index (χ4v) is 4.66. The van der Waals surface area contributed by atoms with Crippen LogP contribution in [-0.4, -0.2) is 38.1 Å². The van der Waals surface area contributed by atoms with Crippen LogP contribution < -0.4 is 5.73 Å². The first-order chi connectivity index (χ1) is 8.95. The van der Waals surface area contributed by atoms with E-state index in [4.69, 9.17) is 5.73 Å². The van der Waals surface area contributed by atoms with Crippen molar-refractivity contribution in [2.24, 2.45) is 17.6 Å². The zero-order valence-corrected chi connectivity index (χ0v) is 12.9. The van der Waals surface area contributed by atoms with E-state index in [1.807, 2.05) is 0 Å². The first-order valence-electron chi connectivity index (χ1n) is 7.66. The van der Waals surface area contributed by atoms with Crippen molar-refractivity contribution in [1.29, 1.82) is 0 Å². The molecule has 2 atom stereocenters. The number of nitrogens with zero attached hydrogens (tertiary/aromatic N) is 1. The third-order valence-corrected chi connectivity index (χ3v) is 5.97. The lowest BCUT2D eigenvalue weighted by atomic mass is 9.88. The van der Waals surface area contributed by atoms with Gasteiger partial charge in [-0.05, 0) is 37.5 Å². The van der Waals surface area contributed by atoms with Crippen molar-refractivity contribution in [2.45, 2.75) is 57.4 Å². The summed E-state index contributed by atoms with van der Waals surface area (Å²) in [6, 6.07) is 0.257. The van der Waals surface area contributed by atoms with Crippen molar-refractivity contribution in [1.82, 2.24) is 4.31 Å². The van der Waals surface area contributed by atoms with Gasteiger partial charge in [0, 0.05) is 19.1 Å². The normalized spacial score (nSPS) is 28.6. The Balaban J connectivity index is 1.78. The third kappa shape index (κ3) is 4.72. The molecule has 0 aromatic carbocycles. The fourth-order valence-electron chi connectivity index (χ4n) is 3.72. The molecule has 2 unspecified atom stereocenters. The molecule has 2 N–H and O–H groups in total. The molecule has 5 heteroatoms. The maximum absolute atomic E-state index is 11.6. The molecule has 2 aliphatic rings. The molecule has 1 aliphatic heterocycles. The average Bonchev–Trinajstić information content (AvgIpc) is 2.80. The summed E-state index contributed by atoms with van der Waals surface area (Å²) in [6.45, 7) is 1.37. The molecule has 0 bridgehead atoms. The molecule has 1 heterocycles. The van der Waals surface area contributed by atoms with E-state index in [1.54, 1.807) is 4.31 Å². The van der Waals surface area contributed by atoms with E-state index < -0.39 is 10.0 Å². The van der Waals surface area contributed by atoms with E-state index in [0.717, 1.165) is 31.6 Å². The summed E-state index contributed by atoms with van der Waals surface area (Å²) in [6.07, 6.45) is 11.0. The van der Waals surface area contributed by atoms with E-state index in [9.17, 15) is 8.42 Å². The number of piperidine rings is 1. The Hall–Kier alpha value is -0.130. The van der Waals surface area contributed by atoms with Gasteiger partial charge in [0.2, 0.25) is 10.0 Å². The lowest BCUT2D eigenvalue weighted by Crippen LogP contribution is -2.41. The van der Waals surface area contributed by atoms with E-state index in [-0.39, 0.29) is 6.04 Å². The highest BCUT2D eigenvalue weighted by atomic mass is 32.2. The standard InChI is InChI=1S/C14H28N2O2S/c1-19(17,18)16-8-4-7-13(11-16)10-14(15)9-12-5-2-3-6-12/h12-14H,2-11,15H2,1H3. The average molecular weight is 288 g/mol. The Kier molecular flexibility index (Phi) is 5.26. The Morgan fingerprint density at radius 3 is 2.32 bits per heavy atom. The largest absolute Gasteiger partial charge is 0.328 e. The van der Waals surface area contributed by atoms with Crippen molar-refractivity contribution >= 4 is 10.0 Å². The number of rotatable bonds is 5. The quantitative estimate of drug-likeness (QED) is 0.841. The minimum Gasteiger partial charge on any atom is -0.328 e. The summed E-state index contributed by atoms with van der Waals surface area (Å²) >= 11 is 0. The molecule has 4 nitrogen and oxygen atoms in total. The second-order valence-corrected chi connectivity index (χ2v) is 8.49. The third-order valence-electron chi connectivity index (χ3n) is 4.70. The summed E-state index contributed by atoms with van der Waals surface area (Å²) < 4.78 is 24.8. The van der Waals surface area contributed by atoms with Crippen LogP contribution in [0.3, 0.4) is 0 Å². The van der Waals surface area contributed by atoms with Gasteiger partial charge in [-0.15, -0.1) is 0 Å². The van der Waals surface area contributed by atoms with Gasteiger partial charge in [0.1, 0.15) is 0 Å². The zero-order valence-electron chi connectivity index (χ0n) is 12.1. The summed E-state index contributed by atoms with van der Waals surface area (Å²) in [5.41, 5.74) is 6.27. The second-order valence-electron chi connectivity index (χ2n) is 6.51. The number of nitrogens with two attached hydrogens (primary N) is 1. The molecule has 1 saturated carbocycles. The highest BCUT2D eigenvalue weighted by molar-refractivity contribution is 7.88. The Morgan fingerprint density at radius 2 is 1.68 bits per heavy atom. The Bertz CT molecular complexity index is 377. The van der Waals surface area contributed by atoms with Gasteiger partial charge in [-0.3, -0.25) is 0 Å². The Morgan fingerprint density at radius 1 is 1.11 bits per heavy atom. The molecule has 2 rings (SSSR count). The number of hydrogen-bond donors (Lipinski definition) is 1. The van der Waals surface area contributed by atoms with Crippen LogP contribution in [0.5, 0.6) is 0 Å². The van der Waals surface area contributed by atoms with Crippen LogP contribution in [0.25, 0.3) is 0 Å². The van der Waals surface area contributed by atoms with Crippen LogP contribution in [-0.2, 0) is 10.0 Å². The molecular formula is C14H28N2O2S. The van der Waals surface area contributed by atoms with Crippen LogP contribution in [0.4, 0.5) is 0 Å². The molecule has 112 valence electrons. The molecule has 1 saturated heterocycles. The van der Waals surface area contributed by atoms with Gasteiger partial charge in [0.05, 0.1) is 6.26 Å². The molecule has 0 radical (unpaired) electrons. The molecule has 0 aromatic heterocycles. The molecule has 0 amide bonds. The highest BCUT2D eigenvalue weighted by Crippen LogP contribution is 2.30. The highest BCUT2D eigenvalue weighted by Gasteiger charge is 2.27. The van der Waals surface area contributed by atoms with Gasteiger partial charge < -0.3 is 5.73 Å². The van der Waals surface area contributed by atoms with Crippen molar-refractivity contribution < 1.29 is 8.42 Å². The van der Waals surface area contributed by atoms with Gasteiger partial charge in [0.15, 0.2) is 0 Å². The van der Waals surface area contributed by atoms with Crippen molar-refractivity contribution in [3.05, 3.63) is 0 Å². The molecule has 0 spiro atoms. The topological polar surface area (TPSA) is 63.4 Å². The summed E-state index contributed by atoms with van der Waals surface area (Å²) in [5, 5.41) is 0. The molecule has 1 aliphatic carbocycles. The van der Waals surface area contributed by atoms with Gasteiger partial charge in [-0.1, -0.05) is 25.7 Å².